The second-order valence-corrected chi connectivity index (χ2v) is 6.26. The Kier molecular flexibility index (Phi) is 4.68. The van der Waals surface area contributed by atoms with Crippen LogP contribution < -0.4 is 5.32 Å². The van der Waals surface area contributed by atoms with Gasteiger partial charge in [0.05, 0.1) is 22.4 Å². The number of nitrogens with one attached hydrogen (secondary N) is 1. The number of anilines is 1. The third-order valence-corrected chi connectivity index (χ3v) is 4.38. The maximum atomic E-state index is 4.50. The SMILES string of the molecule is CCc1nn(C)c(CNc2cc(C)cc(Br)c2)c1Br. The molecule has 2 aromatic rings. The zero-order valence-corrected chi connectivity index (χ0v) is 14.5. The predicted molar refractivity (Wildman–Crippen MR) is 86.5 cm³/mol. The fourth-order valence-corrected chi connectivity index (χ4v) is 3.40. The van der Waals surface area contributed by atoms with Crippen molar-refractivity contribution in [2.45, 2.75) is 26.8 Å². The van der Waals surface area contributed by atoms with Crippen molar-refractivity contribution in [3.05, 3.63) is 44.1 Å². The van der Waals surface area contributed by atoms with Crippen LogP contribution in [0, 0.1) is 6.92 Å². The summed E-state index contributed by atoms with van der Waals surface area (Å²) in [5.74, 6) is 0. The first kappa shape index (κ1) is 14.6. The van der Waals surface area contributed by atoms with E-state index in [2.05, 4.69) is 74.3 Å². The average Bonchev–Trinajstić information content (AvgIpc) is 2.61. The monoisotopic (exact) mass is 385 g/mol. The fraction of sp³-hybridized carbons (Fsp3) is 0.357. The first-order chi connectivity index (χ1) is 9.01. The number of rotatable bonds is 4. The van der Waals surface area contributed by atoms with Gasteiger partial charge in [0.25, 0.3) is 0 Å². The number of halogens is 2. The Labute approximate surface area is 130 Å². The molecule has 5 heteroatoms. The van der Waals surface area contributed by atoms with Gasteiger partial charge in [-0.3, -0.25) is 4.68 Å². The zero-order chi connectivity index (χ0) is 14.0. The third kappa shape index (κ3) is 3.39. The Hall–Kier alpha value is -0.810. The van der Waals surface area contributed by atoms with Crippen molar-refractivity contribution in [2.75, 3.05) is 5.32 Å². The molecule has 0 saturated carbocycles. The standard InChI is InChI=1S/C14H17Br2N3/c1-4-12-14(16)13(19(3)18-12)8-17-11-6-9(2)5-10(15)7-11/h5-7,17H,4,8H2,1-3H3. The summed E-state index contributed by atoms with van der Waals surface area (Å²) in [6.07, 6.45) is 0.935. The molecule has 3 nitrogen and oxygen atoms in total. The highest BCUT2D eigenvalue weighted by atomic mass is 79.9. The van der Waals surface area contributed by atoms with Gasteiger partial charge in [-0.05, 0) is 53.0 Å². The lowest BCUT2D eigenvalue weighted by molar-refractivity contribution is 0.706. The van der Waals surface area contributed by atoms with Gasteiger partial charge in [0.1, 0.15) is 0 Å². The summed E-state index contributed by atoms with van der Waals surface area (Å²) in [5, 5.41) is 7.94. The summed E-state index contributed by atoms with van der Waals surface area (Å²) >= 11 is 7.15. The quantitative estimate of drug-likeness (QED) is 0.842. The van der Waals surface area contributed by atoms with Crippen molar-refractivity contribution in [1.82, 2.24) is 9.78 Å². The number of benzene rings is 1. The Balaban J connectivity index is 2.16. The number of hydrogen-bond donors (Lipinski definition) is 1. The second kappa shape index (κ2) is 6.09. The van der Waals surface area contributed by atoms with Crippen LogP contribution in [-0.4, -0.2) is 9.78 Å². The smallest absolute Gasteiger partial charge is 0.0767 e. The minimum Gasteiger partial charge on any atom is -0.379 e. The highest BCUT2D eigenvalue weighted by Crippen LogP contribution is 2.24. The van der Waals surface area contributed by atoms with Crippen LogP contribution >= 0.6 is 31.9 Å². The molecule has 1 N–H and O–H groups in total. The van der Waals surface area contributed by atoms with E-state index in [1.807, 2.05) is 11.7 Å². The molecule has 0 fully saturated rings. The number of aryl methyl sites for hydroxylation is 3. The van der Waals surface area contributed by atoms with E-state index in [0.717, 1.165) is 39.0 Å². The van der Waals surface area contributed by atoms with Gasteiger partial charge in [-0.2, -0.15) is 5.10 Å². The molecule has 0 atom stereocenters. The molecule has 1 aromatic carbocycles. The van der Waals surface area contributed by atoms with Crippen molar-refractivity contribution >= 4 is 37.5 Å². The van der Waals surface area contributed by atoms with Crippen molar-refractivity contribution in [3.63, 3.8) is 0 Å². The van der Waals surface area contributed by atoms with E-state index in [-0.39, 0.29) is 0 Å². The number of aromatic nitrogens is 2. The van der Waals surface area contributed by atoms with Crippen LogP contribution in [0.1, 0.15) is 23.9 Å². The van der Waals surface area contributed by atoms with E-state index in [9.17, 15) is 0 Å². The van der Waals surface area contributed by atoms with Gasteiger partial charge in [0.15, 0.2) is 0 Å². The molecule has 0 spiro atoms. The summed E-state index contributed by atoms with van der Waals surface area (Å²) in [6, 6.07) is 6.31. The van der Waals surface area contributed by atoms with Gasteiger partial charge in [-0.15, -0.1) is 0 Å². The maximum Gasteiger partial charge on any atom is 0.0767 e. The summed E-state index contributed by atoms with van der Waals surface area (Å²) in [6.45, 7) is 4.95. The van der Waals surface area contributed by atoms with Crippen LogP contribution in [-0.2, 0) is 20.0 Å². The molecule has 0 saturated heterocycles. The first-order valence-electron chi connectivity index (χ1n) is 6.22. The Morgan fingerprint density at radius 3 is 2.58 bits per heavy atom. The van der Waals surface area contributed by atoms with Crippen LogP contribution in [0.25, 0.3) is 0 Å². The molecule has 1 heterocycles. The molecule has 2 rings (SSSR count). The van der Waals surface area contributed by atoms with Crippen molar-refractivity contribution < 1.29 is 0 Å². The normalized spacial score (nSPS) is 10.8. The molecular formula is C14H17Br2N3. The highest BCUT2D eigenvalue weighted by molar-refractivity contribution is 9.10. The van der Waals surface area contributed by atoms with Crippen LogP contribution in [0.5, 0.6) is 0 Å². The molecule has 0 radical (unpaired) electrons. The van der Waals surface area contributed by atoms with Crippen LogP contribution in [0.4, 0.5) is 5.69 Å². The lowest BCUT2D eigenvalue weighted by Gasteiger charge is -2.09. The molecule has 0 unspecified atom stereocenters. The van der Waals surface area contributed by atoms with Crippen molar-refractivity contribution in [1.29, 1.82) is 0 Å². The molecule has 1 aromatic heterocycles. The van der Waals surface area contributed by atoms with Gasteiger partial charge >= 0.3 is 0 Å². The van der Waals surface area contributed by atoms with Gasteiger partial charge < -0.3 is 5.32 Å². The average molecular weight is 387 g/mol. The molecule has 0 amide bonds. The molecule has 0 aliphatic carbocycles. The van der Waals surface area contributed by atoms with E-state index in [4.69, 9.17) is 0 Å². The van der Waals surface area contributed by atoms with E-state index < -0.39 is 0 Å². The Bertz CT molecular complexity index is 570. The largest absolute Gasteiger partial charge is 0.379 e. The topological polar surface area (TPSA) is 29.9 Å². The van der Waals surface area contributed by atoms with E-state index >= 15 is 0 Å². The lowest BCUT2D eigenvalue weighted by atomic mass is 10.2. The fourth-order valence-electron chi connectivity index (χ4n) is 2.04. The van der Waals surface area contributed by atoms with E-state index in [1.54, 1.807) is 0 Å². The second-order valence-electron chi connectivity index (χ2n) is 4.56. The minimum absolute atomic E-state index is 0.750. The van der Waals surface area contributed by atoms with E-state index in [0.29, 0.717) is 0 Å². The zero-order valence-electron chi connectivity index (χ0n) is 11.3. The van der Waals surface area contributed by atoms with Crippen molar-refractivity contribution in [2.24, 2.45) is 7.05 Å². The third-order valence-electron chi connectivity index (χ3n) is 3.01. The molecule has 0 aliphatic rings. The van der Waals surface area contributed by atoms with Crippen LogP contribution in [0.3, 0.4) is 0 Å². The predicted octanol–water partition coefficient (Wildman–Crippen LogP) is 4.43. The molecular weight excluding hydrogens is 370 g/mol. The lowest BCUT2D eigenvalue weighted by Crippen LogP contribution is -2.06. The van der Waals surface area contributed by atoms with Crippen molar-refractivity contribution in [3.8, 4) is 0 Å². The molecule has 0 aliphatic heterocycles. The molecule has 19 heavy (non-hydrogen) atoms. The highest BCUT2D eigenvalue weighted by Gasteiger charge is 2.12. The number of hydrogen-bond acceptors (Lipinski definition) is 2. The molecule has 102 valence electrons. The van der Waals surface area contributed by atoms with Crippen LogP contribution in [0.2, 0.25) is 0 Å². The van der Waals surface area contributed by atoms with E-state index in [1.165, 1.54) is 5.56 Å². The minimum atomic E-state index is 0.750. The summed E-state index contributed by atoms with van der Waals surface area (Å²) in [5.41, 5.74) is 4.60. The summed E-state index contributed by atoms with van der Waals surface area (Å²) in [7, 11) is 1.98. The Morgan fingerprint density at radius 1 is 1.26 bits per heavy atom. The van der Waals surface area contributed by atoms with Gasteiger partial charge in [-0.25, -0.2) is 0 Å². The van der Waals surface area contributed by atoms with Gasteiger partial charge in [0.2, 0.25) is 0 Å². The first-order valence-corrected chi connectivity index (χ1v) is 7.81. The van der Waals surface area contributed by atoms with Gasteiger partial charge in [-0.1, -0.05) is 22.9 Å². The maximum absolute atomic E-state index is 4.50. The summed E-state index contributed by atoms with van der Waals surface area (Å²) < 4.78 is 4.13. The molecule has 0 bridgehead atoms. The Morgan fingerprint density at radius 2 is 2.00 bits per heavy atom. The number of nitrogens with zero attached hydrogens (tertiary/aromatic N) is 2. The van der Waals surface area contributed by atoms with Gasteiger partial charge in [0, 0.05) is 17.2 Å². The van der Waals surface area contributed by atoms with Crippen LogP contribution in [0.15, 0.2) is 27.1 Å². The summed E-state index contributed by atoms with van der Waals surface area (Å²) in [4.78, 5) is 0.